The maximum atomic E-state index is 13.3. The lowest BCUT2D eigenvalue weighted by atomic mass is 9.99. The lowest BCUT2D eigenvalue weighted by Gasteiger charge is -2.07. The molecule has 1 heterocycles. The molecule has 2 aromatic rings. The van der Waals surface area contributed by atoms with Gasteiger partial charge in [0.15, 0.2) is 29.4 Å². The molecule has 96 valence electrons. The molecule has 0 aromatic heterocycles. The van der Waals surface area contributed by atoms with Gasteiger partial charge < -0.3 is 9.47 Å². The van der Waals surface area contributed by atoms with Crippen molar-refractivity contribution in [3.05, 3.63) is 47.5 Å². The minimum Gasteiger partial charge on any atom is -0.454 e. The molecule has 3 rings (SSSR count). The van der Waals surface area contributed by atoms with Crippen LogP contribution in [0.15, 0.2) is 30.3 Å². The van der Waals surface area contributed by atoms with Gasteiger partial charge >= 0.3 is 0 Å². The molecule has 5 heteroatoms. The summed E-state index contributed by atoms with van der Waals surface area (Å²) < 4.78 is 36.6. The Morgan fingerprint density at radius 2 is 1.74 bits per heavy atom. The predicted octanol–water partition coefficient (Wildman–Crippen LogP) is 3.17. The third kappa shape index (κ3) is 1.93. The van der Waals surface area contributed by atoms with Crippen LogP contribution >= 0.6 is 0 Å². The number of ether oxygens (including phenoxy) is 2. The van der Waals surface area contributed by atoms with Gasteiger partial charge in [-0.3, -0.25) is 4.79 Å². The average molecular weight is 262 g/mol. The molecule has 0 fully saturated rings. The molecule has 0 saturated heterocycles. The lowest BCUT2D eigenvalue weighted by molar-refractivity contribution is 0.112. The molecule has 0 bridgehead atoms. The summed E-state index contributed by atoms with van der Waals surface area (Å²) in [5.74, 6) is -0.956. The standard InChI is InChI=1S/C14H8F2O3/c15-11-2-1-8(3-12(11)16)10-5-14-13(18-7-19-14)4-9(10)6-17/h1-6H,7H2. The predicted molar refractivity (Wildman–Crippen MR) is 63.3 cm³/mol. The highest BCUT2D eigenvalue weighted by atomic mass is 19.2. The number of carbonyl (C=O) groups is 1. The van der Waals surface area contributed by atoms with Crippen LogP contribution in [0.3, 0.4) is 0 Å². The number of aldehydes is 1. The second-order valence-corrected chi connectivity index (χ2v) is 4.04. The second-order valence-electron chi connectivity index (χ2n) is 4.04. The molecular formula is C14H8F2O3. The fourth-order valence-corrected chi connectivity index (χ4v) is 1.97. The molecule has 0 aliphatic carbocycles. The van der Waals surface area contributed by atoms with Gasteiger partial charge in [-0.15, -0.1) is 0 Å². The van der Waals surface area contributed by atoms with E-state index >= 15 is 0 Å². The van der Waals surface area contributed by atoms with Crippen LogP contribution in [0.2, 0.25) is 0 Å². The van der Waals surface area contributed by atoms with Gasteiger partial charge in [-0.2, -0.15) is 0 Å². The van der Waals surface area contributed by atoms with E-state index < -0.39 is 11.6 Å². The summed E-state index contributed by atoms with van der Waals surface area (Å²) in [6, 6.07) is 6.57. The van der Waals surface area contributed by atoms with E-state index in [1.54, 1.807) is 6.07 Å². The topological polar surface area (TPSA) is 35.5 Å². The normalized spacial score (nSPS) is 12.5. The highest BCUT2D eigenvalue weighted by Gasteiger charge is 2.18. The molecule has 1 aliphatic rings. The van der Waals surface area contributed by atoms with Gasteiger partial charge in [0, 0.05) is 5.56 Å². The maximum absolute atomic E-state index is 13.3. The Labute approximate surface area is 107 Å². The van der Waals surface area contributed by atoms with Crippen LogP contribution in [-0.2, 0) is 0 Å². The Hall–Kier alpha value is -2.43. The molecule has 19 heavy (non-hydrogen) atoms. The second kappa shape index (κ2) is 4.35. The van der Waals surface area contributed by atoms with Gasteiger partial charge in [0.05, 0.1) is 0 Å². The van der Waals surface area contributed by atoms with E-state index in [9.17, 15) is 13.6 Å². The van der Waals surface area contributed by atoms with Crippen LogP contribution in [-0.4, -0.2) is 13.1 Å². The smallest absolute Gasteiger partial charge is 0.231 e. The Morgan fingerprint density at radius 1 is 1.00 bits per heavy atom. The molecule has 2 aromatic carbocycles. The van der Waals surface area contributed by atoms with Crippen LogP contribution in [0.1, 0.15) is 10.4 Å². The summed E-state index contributed by atoms with van der Waals surface area (Å²) in [6.45, 7) is 0.0782. The molecule has 0 atom stereocenters. The van der Waals surface area contributed by atoms with Gasteiger partial charge in [-0.1, -0.05) is 6.07 Å². The summed E-state index contributed by atoms with van der Waals surface area (Å²) in [5.41, 5.74) is 1.20. The quantitative estimate of drug-likeness (QED) is 0.780. The minimum absolute atomic E-state index is 0.0782. The molecule has 0 amide bonds. The fraction of sp³-hybridized carbons (Fsp3) is 0.0714. The summed E-state index contributed by atoms with van der Waals surface area (Å²) in [7, 11) is 0. The Bertz CT molecular complexity index is 668. The Balaban J connectivity index is 2.18. The number of hydrogen-bond acceptors (Lipinski definition) is 3. The van der Waals surface area contributed by atoms with E-state index in [4.69, 9.17) is 9.47 Å². The first kappa shape index (κ1) is 11.6. The van der Waals surface area contributed by atoms with E-state index in [1.165, 1.54) is 12.1 Å². The van der Waals surface area contributed by atoms with E-state index in [1.807, 2.05) is 0 Å². The van der Waals surface area contributed by atoms with Crippen molar-refractivity contribution in [2.45, 2.75) is 0 Å². The van der Waals surface area contributed by atoms with Gasteiger partial charge in [0.2, 0.25) is 6.79 Å². The molecule has 1 aliphatic heterocycles. The molecule has 0 N–H and O–H groups in total. The number of carbonyl (C=O) groups excluding carboxylic acids is 1. The summed E-state index contributed by atoms with van der Waals surface area (Å²) in [5, 5.41) is 0. The van der Waals surface area contributed by atoms with Crippen LogP contribution in [0.5, 0.6) is 11.5 Å². The van der Waals surface area contributed by atoms with Crippen LogP contribution in [0, 0.1) is 11.6 Å². The lowest BCUT2D eigenvalue weighted by Crippen LogP contribution is -1.92. The van der Waals surface area contributed by atoms with Crippen molar-refractivity contribution < 1.29 is 23.0 Å². The molecular weight excluding hydrogens is 254 g/mol. The molecule has 0 radical (unpaired) electrons. The monoisotopic (exact) mass is 262 g/mol. The summed E-state index contributed by atoms with van der Waals surface area (Å²) in [6.07, 6.45) is 0.637. The van der Waals surface area contributed by atoms with Crippen molar-refractivity contribution >= 4 is 6.29 Å². The number of benzene rings is 2. The molecule has 3 nitrogen and oxygen atoms in total. The fourth-order valence-electron chi connectivity index (χ4n) is 1.97. The highest BCUT2D eigenvalue weighted by Crippen LogP contribution is 2.38. The van der Waals surface area contributed by atoms with Gasteiger partial charge in [0.25, 0.3) is 0 Å². The first-order valence-electron chi connectivity index (χ1n) is 5.53. The van der Waals surface area contributed by atoms with Gasteiger partial charge in [-0.25, -0.2) is 8.78 Å². The number of hydrogen-bond donors (Lipinski definition) is 0. The largest absolute Gasteiger partial charge is 0.454 e. The van der Waals surface area contributed by atoms with Gasteiger partial charge in [0.1, 0.15) is 0 Å². The van der Waals surface area contributed by atoms with E-state index in [2.05, 4.69) is 0 Å². The SMILES string of the molecule is O=Cc1cc2c(cc1-c1ccc(F)c(F)c1)OCO2. The highest BCUT2D eigenvalue weighted by molar-refractivity contribution is 5.89. The van der Waals surface area contributed by atoms with Crippen molar-refractivity contribution in [1.29, 1.82) is 0 Å². The minimum atomic E-state index is -0.966. The molecule has 0 spiro atoms. The van der Waals surface area contributed by atoms with Crippen molar-refractivity contribution in [2.24, 2.45) is 0 Å². The third-order valence-corrected chi connectivity index (χ3v) is 2.90. The van der Waals surface area contributed by atoms with E-state index in [0.29, 0.717) is 34.5 Å². The van der Waals surface area contributed by atoms with Crippen molar-refractivity contribution in [3.8, 4) is 22.6 Å². The Morgan fingerprint density at radius 3 is 2.42 bits per heavy atom. The summed E-state index contributed by atoms with van der Waals surface area (Å²) >= 11 is 0. The van der Waals surface area contributed by atoms with Crippen LogP contribution in [0.4, 0.5) is 8.78 Å². The zero-order valence-corrected chi connectivity index (χ0v) is 9.65. The molecule has 0 saturated carbocycles. The number of rotatable bonds is 2. The van der Waals surface area contributed by atoms with Crippen molar-refractivity contribution in [1.82, 2.24) is 0 Å². The van der Waals surface area contributed by atoms with E-state index in [-0.39, 0.29) is 6.79 Å². The average Bonchev–Trinajstić information content (AvgIpc) is 2.87. The zero-order chi connectivity index (χ0) is 13.4. The van der Waals surface area contributed by atoms with Crippen LogP contribution in [0.25, 0.3) is 11.1 Å². The Kier molecular flexibility index (Phi) is 2.67. The first-order valence-corrected chi connectivity index (χ1v) is 5.53. The van der Waals surface area contributed by atoms with Crippen molar-refractivity contribution in [3.63, 3.8) is 0 Å². The first-order chi connectivity index (χ1) is 9.19. The molecule has 0 unspecified atom stereocenters. The number of halogens is 2. The number of fused-ring (bicyclic) bond motifs is 1. The van der Waals surface area contributed by atoms with E-state index in [0.717, 1.165) is 12.1 Å². The third-order valence-electron chi connectivity index (χ3n) is 2.90. The maximum Gasteiger partial charge on any atom is 0.231 e. The zero-order valence-electron chi connectivity index (χ0n) is 9.65. The van der Waals surface area contributed by atoms with Gasteiger partial charge in [-0.05, 0) is 35.4 Å². The van der Waals surface area contributed by atoms with Crippen molar-refractivity contribution in [2.75, 3.05) is 6.79 Å². The van der Waals surface area contributed by atoms with Crippen LogP contribution < -0.4 is 9.47 Å². The summed E-state index contributed by atoms with van der Waals surface area (Å²) in [4.78, 5) is 11.1.